The Balaban J connectivity index is 1.42. The lowest BCUT2D eigenvalue weighted by Gasteiger charge is -2.11. The zero-order valence-corrected chi connectivity index (χ0v) is 15.8. The van der Waals surface area contributed by atoms with Gasteiger partial charge in [-0.25, -0.2) is 0 Å². The van der Waals surface area contributed by atoms with E-state index in [0.717, 1.165) is 12.0 Å². The van der Waals surface area contributed by atoms with E-state index in [-0.39, 0.29) is 30.2 Å². The van der Waals surface area contributed by atoms with Crippen molar-refractivity contribution >= 4 is 29.1 Å². The normalized spacial score (nSPS) is 17.8. The van der Waals surface area contributed by atoms with Crippen LogP contribution in [0, 0.1) is 5.92 Å². The van der Waals surface area contributed by atoms with Crippen LogP contribution in [0.5, 0.6) is 0 Å². The quantitative estimate of drug-likeness (QED) is 0.641. The molecular weight excluding hydrogens is 376 g/mol. The lowest BCUT2D eigenvalue weighted by molar-refractivity contribution is -0.117. The third-order valence-electron chi connectivity index (χ3n) is 4.86. The van der Waals surface area contributed by atoms with Crippen LogP contribution >= 0.6 is 11.6 Å². The minimum absolute atomic E-state index is 0.101. The molecule has 3 aromatic rings. The molecule has 2 atom stereocenters. The van der Waals surface area contributed by atoms with E-state index in [0.29, 0.717) is 22.0 Å². The van der Waals surface area contributed by atoms with E-state index in [4.69, 9.17) is 16.0 Å². The van der Waals surface area contributed by atoms with Gasteiger partial charge in [0.2, 0.25) is 5.91 Å². The van der Waals surface area contributed by atoms with Crippen LogP contribution in [0.15, 0.2) is 71.3 Å². The lowest BCUT2D eigenvalue weighted by atomic mass is 10.1. The Morgan fingerprint density at radius 3 is 2.61 bits per heavy atom. The molecule has 6 heteroatoms. The van der Waals surface area contributed by atoms with E-state index in [1.165, 1.54) is 0 Å². The van der Waals surface area contributed by atoms with Crippen molar-refractivity contribution in [2.24, 2.45) is 5.92 Å². The summed E-state index contributed by atoms with van der Waals surface area (Å²) in [6.45, 7) is 0.283. The molecule has 28 heavy (non-hydrogen) atoms. The molecule has 0 radical (unpaired) electrons. The molecule has 1 aliphatic carbocycles. The van der Waals surface area contributed by atoms with Gasteiger partial charge in [-0.15, -0.1) is 0 Å². The van der Waals surface area contributed by atoms with Crippen LogP contribution in [0.1, 0.15) is 34.0 Å². The maximum Gasteiger partial charge on any atom is 0.253 e. The van der Waals surface area contributed by atoms with E-state index in [1.54, 1.807) is 42.7 Å². The van der Waals surface area contributed by atoms with Gasteiger partial charge < -0.3 is 15.1 Å². The first-order valence-corrected chi connectivity index (χ1v) is 9.46. The van der Waals surface area contributed by atoms with E-state index >= 15 is 0 Å². The van der Waals surface area contributed by atoms with E-state index in [1.807, 2.05) is 24.3 Å². The second kappa shape index (κ2) is 7.90. The second-order valence-electron chi connectivity index (χ2n) is 6.77. The van der Waals surface area contributed by atoms with Gasteiger partial charge in [0, 0.05) is 10.9 Å². The first-order valence-electron chi connectivity index (χ1n) is 9.08. The Labute approximate surface area is 167 Å². The van der Waals surface area contributed by atoms with Gasteiger partial charge in [-0.1, -0.05) is 41.9 Å². The van der Waals surface area contributed by atoms with Gasteiger partial charge in [-0.2, -0.15) is 0 Å². The summed E-state index contributed by atoms with van der Waals surface area (Å²) in [6, 6.07) is 18.1. The van der Waals surface area contributed by atoms with Crippen molar-refractivity contribution in [3.8, 4) is 0 Å². The Morgan fingerprint density at radius 1 is 1.04 bits per heavy atom. The zero-order chi connectivity index (χ0) is 19.5. The highest BCUT2D eigenvalue weighted by Gasteiger charge is 2.44. The van der Waals surface area contributed by atoms with Crippen LogP contribution in [0.4, 0.5) is 5.69 Å². The molecule has 0 bridgehead atoms. The summed E-state index contributed by atoms with van der Waals surface area (Å²) in [7, 11) is 0. The minimum Gasteiger partial charge on any atom is -0.467 e. The molecule has 1 fully saturated rings. The van der Waals surface area contributed by atoms with Gasteiger partial charge in [-0.05, 0) is 48.2 Å². The zero-order valence-electron chi connectivity index (χ0n) is 15.0. The molecule has 2 N–H and O–H groups in total. The van der Waals surface area contributed by atoms with Gasteiger partial charge in [0.25, 0.3) is 5.91 Å². The summed E-state index contributed by atoms with van der Waals surface area (Å²) in [5, 5.41) is 6.38. The topological polar surface area (TPSA) is 71.3 Å². The average molecular weight is 395 g/mol. The van der Waals surface area contributed by atoms with Crippen LogP contribution in [0.2, 0.25) is 5.02 Å². The number of para-hydroxylation sites is 1. The summed E-state index contributed by atoms with van der Waals surface area (Å²) >= 11 is 6.24. The Morgan fingerprint density at radius 2 is 1.82 bits per heavy atom. The maximum atomic E-state index is 12.7. The van der Waals surface area contributed by atoms with E-state index in [9.17, 15) is 9.59 Å². The molecule has 0 saturated heterocycles. The van der Waals surface area contributed by atoms with Crippen LogP contribution in [0.3, 0.4) is 0 Å². The standard InChI is InChI=1S/C22H19ClN2O3/c23-19-9-3-1-7-15(19)17-12-18(17)22(27)25-20-10-4-2-8-16(20)21(26)24-13-14-6-5-11-28-14/h1-11,17-18H,12-13H2,(H,24,26)(H,25,27). The first kappa shape index (κ1) is 18.3. The number of rotatable bonds is 6. The Hall–Kier alpha value is -3.05. The van der Waals surface area contributed by atoms with E-state index in [2.05, 4.69) is 10.6 Å². The van der Waals surface area contributed by atoms with Gasteiger partial charge in [0.15, 0.2) is 0 Å². The predicted octanol–water partition coefficient (Wildman–Crippen LogP) is 4.61. The molecule has 1 aromatic heterocycles. The third-order valence-corrected chi connectivity index (χ3v) is 5.21. The van der Waals surface area contributed by atoms with E-state index < -0.39 is 0 Å². The van der Waals surface area contributed by atoms with Crippen molar-refractivity contribution in [2.75, 3.05) is 5.32 Å². The molecule has 1 aliphatic rings. The fourth-order valence-corrected chi connectivity index (χ4v) is 3.57. The highest BCUT2D eigenvalue weighted by Crippen LogP contribution is 2.50. The van der Waals surface area contributed by atoms with Gasteiger partial charge in [0.1, 0.15) is 5.76 Å². The maximum absolute atomic E-state index is 12.7. The smallest absolute Gasteiger partial charge is 0.253 e. The molecular formula is C22H19ClN2O3. The van der Waals surface area contributed by atoms with Crippen molar-refractivity contribution in [3.63, 3.8) is 0 Å². The number of anilines is 1. The molecule has 0 aliphatic heterocycles. The van der Waals surface area contributed by atoms with Gasteiger partial charge in [-0.3, -0.25) is 9.59 Å². The molecule has 142 valence electrons. The summed E-state index contributed by atoms with van der Waals surface area (Å²) in [4.78, 5) is 25.2. The van der Waals surface area contributed by atoms with Crippen molar-refractivity contribution in [2.45, 2.75) is 18.9 Å². The fourth-order valence-electron chi connectivity index (χ4n) is 3.30. The van der Waals surface area contributed by atoms with Crippen LogP contribution < -0.4 is 10.6 Å². The largest absolute Gasteiger partial charge is 0.467 e. The number of nitrogens with one attached hydrogen (secondary N) is 2. The van der Waals surface area contributed by atoms with Gasteiger partial charge in [0.05, 0.1) is 24.1 Å². The molecule has 1 heterocycles. The number of hydrogen-bond acceptors (Lipinski definition) is 3. The Bertz CT molecular complexity index is 1000. The summed E-state index contributed by atoms with van der Waals surface area (Å²) in [5.41, 5.74) is 1.90. The van der Waals surface area contributed by atoms with Gasteiger partial charge >= 0.3 is 0 Å². The molecule has 2 amide bonds. The SMILES string of the molecule is O=C(NCc1ccco1)c1ccccc1NC(=O)C1CC1c1ccccc1Cl. The first-order chi connectivity index (χ1) is 13.6. The highest BCUT2D eigenvalue weighted by atomic mass is 35.5. The number of carbonyl (C=O) groups excluding carboxylic acids is 2. The monoisotopic (exact) mass is 394 g/mol. The van der Waals surface area contributed by atoms with Crippen molar-refractivity contribution in [1.82, 2.24) is 5.32 Å². The average Bonchev–Trinajstić information content (AvgIpc) is 3.33. The molecule has 1 saturated carbocycles. The minimum atomic E-state index is -0.272. The summed E-state index contributed by atoms with van der Waals surface area (Å²) in [6.07, 6.45) is 2.31. The molecule has 0 spiro atoms. The highest BCUT2D eigenvalue weighted by molar-refractivity contribution is 6.31. The van der Waals surface area contributed by atoms with Crippen molar-refractivity contribution < 1.29 is 14.0 Å². The third kappa shape index (κ3) is 3.94. The number of benzene rings is 2. The second-order valence-corrected chi connectivity index (χ2v) is 7.17. The number of amides is 2. The number of hydrogen-bond donors (Lipinski definition) is 2. The van der Waals surface area contributed by atoms with Crippen LogP contribution in [-0.4, -0.2) is 11.8 Å². The molecule has 4 rings (SSSR count). The lowest BCUT2D eigenvalue weighted by Crippen LogP contribution is -2.25. The van der Waals surface area contributed by atoms with Crippen LogP contribution in [-0.2, 0) is 11.3 Å². The van der Waals surface area contributed by atoms with Crippen molar-refractivity contribution in [3.05, 3.63) is 88.8 Å². The molecule has 5 nitrogen and oxygen atoms in total. The summed E-state index contributed by atoms with van der Waals surface area (Å²) in [5.74, 6) is 0.269. The Kier molecular flexibility index (Phi) is 5.17. The molecule has 2 unspecified atom stereocenters. The summed E-state index contributed by atoms with van der Waals surface area (Å²) < 4.78 is 5.22. The van der Waals surface area contributed by atoms with Crippen LogP contribution in [0.25, 0.3) is 0 Å². The number of furan rings is 1. The fraction of sp³-hybridized carbons (Fsp3) is 0.182. The molecule has 2 aromatic carbocycles. The predicted molar refractivity (Wildman–Crippen MR) is 107 cm³/mol. The number of halogens is 1. The van der Waals surface area contributed by atoms with Crippen molar-refractivity contribution in [1.29, 1.82) is 0 Å². The number of carbonyl (C=O) groups is 2.